The summed E-state index contributed by atoms with van der Waals surface area (Å²) in [5.41, 5.74) is 2.21. The maximum Gasteiger partial charge on any atom is 0.241 e. The maximum atomic E-state index is 5.39. The highest BCUT2D eigenvalue weighted by atomic mass is 16.5. The van der Waals surface area contributed by atoms with Gasteiger partial charge in [-0.25, -0.2) is 0 Å². The van der Waals surface area contributed by atoms with Crippen LogP contribution in [0.2, 0.25) is 0 Å². The molecule has 5 nitrogen and oxygen atoms in total. The lowest BCUT2D eigenvalue weighted by molar-refractivity contribution is 0.227. The number of likely N-dealkylation sites (N-methyl/N-ethyl adjacent to an activating group) is 1. The molecule has 1 aliphatic rings. The second kappa shape index (κ2) is 7.03. The molecule has 118 valence electrons. The van der Waals surface area contributed by atoms with Gasteiger partial charge in [-0.1, -0.05) is 28.9 Å². The zero-order valence-corrected chi connectivity index (χ0v) is 13.5. The van der Waals surface area contributed by atoms with E-state index in [9.17, 15) is 0 Å². The molecular weight excluding hydrogens is 276 g/mol. The lowest BCUT2D eigenvalue weighted by Crippen LogP contribution is -2.31. The summed E-state index contributed by atoms with van der Waals surface area (Å²) in [4.78, 5) is 9.27. The zero-order chi connectivity index (χ0) is 15.4. The maximum absolute atomic E-state index is 5.39. The van der Waals surface area contributed by atoms with E-state index in [0.29, 0.717) is 18.3 Å². The standard InChI is InChI=1S/C17H24N4O/c1-14-6-5-7-15(12-14)17-18-16(22-19-17)13-20(2)10-11-21-8-3-4-9-21/h5-7,12H,3-4,8-11,13H2,1-2H3. The molecule has 0 spiro atoms. The van der Waals surface area contributed by atoms with Gasteiger partial charge >= 0.3 is 0 Å². The number of hydrogen-bond donors (Lipinski definition) is 0. The van der Waals surface area contributed by atoms with Crippen LogP contribution in [0.1, 0.15) is 24.3 Å². The van der Waals surface area contributed by atoms with Crippen molar-refractivity contribution in [2.75, 3.05) is 33.2 Å². The Hall–Kier alpha value is -1.72. The van der Waals surface area contributed by atoms with Gasteiger partial charge in [0.1, 0.15) is 0 Å². The highest BCUT2D eigenvalue weighted by Gasteiger charge is 2.14. The summed E-state index contributed by atoms with van der Waals surface area (Å²) >= 11 is 0. The third kappa shape index (κ3) is 3.93. The first-order chi connectivity index (χ1) is 10.7. The first-order valence-corrected chi connectivity index (χ1v) is 8.01. The summed E-state index contributed by atoms with van der Waals surface area (Å²) in [6.07, 6.45) is 2.68. The molecule has 1 aliphatic heterocycles. The molecule has 0 atom stereocenters. The van der Waals surface area contributed by atoms with E-state index in [4.69, 9.17) is 4.52 Å². The van der Waals surface area contributed by atoms with Gasteiger partial charge in [-0.05, 0) is 46.0 Å². The van der Waals surface area contributed by atoms with Crippen LogP contribution >= 0.6 is 0 Å². The van der Waals surface area contributed by atoms with Gasteiger partial charge in [-0.15, -0.1) is 0 Å². The number of aromatic nitrogens is 2. The number of nitrogens with zero attached hydrogens (tertiary/aromatic N) is 4. The molecule has 0 amide bonds. The lowest BCUT2D eigenvalue weighted by atomic mass is 10.1. The molecule has 3 rings (SSSR count). The van der Waals surface area contributed by atoms with E-state index in [-0.39, 0.29) is 0 Å². The van der Waals surface area contributed by atoms with Crippen molar-refractivity contribution in [1.29, 1.82) is 0 Å². The first kappa shape index (κ1) is 15.2. The molecule has 0 radical (unpaired) electrons. The molecule has 2 heterocycles. The molecule has 0 N–H and O–H groups in total. The molecule has 0 saturated carbocycles. The molecule has 5 heteroatoms. The van der Waals surface area contributed by atoms with E-state index in [1.807, 2.05) is 12.1 Å². The Labute approximate surface area is 131 Å². The minimum atomic E-state index is 0.673. The van der Waals surface area contributed by atoms with Crippen molar-refractivity contribution < 1.29 is 4.52 Å². The van der Waals surface area contributed by atoms with Crippen LogP contribution < -0.4 is 0 Å². The van der Waals surface area contributed by atoms with E-state index >= 15 is 0 Å². The zero-order valence-electron chi connectivity index (χ0n) is 13.5. The molecule has 0 aliphatic carbocycles. The van der Waals surface area contributed by atoms with Crippen molar-refractivity contribution in [3.8, 4) is 11.4 Å². The van der Waals surface area contributed by atoms with Crippen molar-refractivity contribution in [3.05, 3.63) is 35.7 Å². The normalized spacial score (nSPS) is 15.8. The Bertz CT molecular complexity index is 604. The topological polar surface area (TPSA) is 45.4 Å². The highest BCUT2D eigenvalue weighted by molar-refractivity contribution is 5.55. The van der Waals surface area contributed by atoms with Crippen molar-refractivity contribution in [2.24, 2.45) is 0 Å². The van der Waals surface area contributed by atoms with E-state index in [1.54, 1.807) is 0 Å². The van der Waals surface area contributed by atoms with Gasteiger partial charge in [0.15, 0.2) is 0 Å². The van der Waals surface area contributed by atoms with E-state index in [0.717, 1.165) is 18.7 Å². The predicted octanol–water partition coefficient (Wildman–Crippen LogP) is 2.57. The number of aryl methyl sites for hydroxylation is 1. The largest absolute Gasteiger partial charge is 0.338 e. The quantitative estimate of drug-likeness (QED) is 0.820. The first-order valence-electron chi connectivity index (χ1n) is 8.01. The van der Waals surface area contributed by atoms with Crippen molar-refractivity contribution in [2.45, 2.75) is 26.3 Å². The number of hydrogen-bond acceptors (Lipinski definition) is 5. The van der Waals surface area contributed by atoms with Gasteiger partial charge in [0.05, 0.1) is 6.54 Å². The second-order valence-electron chi connectivity index (χ2n) is 6.17. The summed E-state index contributed by atoms with van der Waals surface area (Å²) in [6.45, 7) is 7.40. The van der Waals surface area contributed by atoms with E-state index < -0.39 is 0 Å². The fraction of sp³-hybridized carbons (Fsp3) is 0.529. The highest BCUT2D eigenvalue weighted by Crippen LogP contribution is 2.17. The average molecular weight is 300 g/mol. The van der Waals surface area contributed by atoms with Crippen LogP contribution in [-0.2, 0) is 6.54 Å². The van der Waals surface area contributed by atoms with E-state index in [2.05, 4.69) is 46.0 Å². The van der Waals surface area contributed by atoms with Gasteiger partial charge < -0.3 is 9.42 Å². The van der Waals surface area contributed by atoms with Crippen LogP contribution in [0.25, 0.3) is 11.4 Å². The van der Waals surface area contributed by atoms with Crippen LogP contribution in [0, 0.1) is 6.92 Å². The molecule has 1 aromatic carbocycles. The third-order valence-electron chi connectivity index (χ3n) is 4.15. The van der Waals surface area contributed by atoms with Crippen LogP contribution in [0.15, 0.2) is 28.8 Å². The van der Waals surface area contributed by atoms with Crippen molar-refractivity contribution in [3.63, 3.8) is 0 Å². The summed E-state index contributed by atoms with van der Waals surface area (Å²) in [6, 6.07) is 8.17. The van der Waals surface area contributed by atoms with Gasteiger partial charge in [-0.3, -0.25) is 4.90 Å². The van der Waals surface area contributed by atoms with Gasteiger partial charge in [0, 0.05) is 18.7 Å². The molecule has 1 saturated heterocycles. The molecular formula is C17H24N4O. The fourth-order valence-electron chi connectivity index (χ4n) is 2.85. The van der Waals surface area contributed by atoms with Gasteiger partial charge in [0.25, 0.3) is 0 Å². The molecule has 0 unspecified atom stereocenters. The Morgan fingerprint density at radius 2 is 2.09 bits per heavy atom. The molecule has 22 heavy (non-hydrogen) atoms. The average Bonchev–Trinajstić information content (AvgIpc) is 3.16. The lowest BCUT2D eigenvalue weighted by Gasteiger charge is -2.19. The smallest absolute Gasteiger partial charge is 0.241 e. The summed E-state index contributed by atoms with van der Waals surface area (Å²) in [7, 11) is 2.10. The van der Waals surface area contributed by atoms with E-state index in [1.165, 1.54) is 31.5 Å². The van der Waals surface area contributed by atoms with Crippen molar-refractivity contribution >= 4 is 0 Å². The monoisotopic (exact) mass is 300 g/mol. The molecule has 0 bridgehead atoms. The summed E-state index contributed by atoms with van der Waals surface area (Å²) < 4.78 is 5.39. The molecule has 1 fully saturated rings. The Balaban J connectivity index is 1.54. The van der Waals surface area contributed by atoms with Crippen molar-refractivity contribution in [1.82, 2.24) is 19.9 Å². The van der Waals surface area contributed by atoms with Crippen LogP contribution in [-0.4, -0.2) is 53.2 Å². The minimum Gasteiger partial charge on any atom is -0.338 e. The van der Waals surface area contributed by atoms with Gasteiger partial charge in [-0.2, -0.15) is 4.98 Å². The SMILES string of the molecule is Cc1cccc(-c2noc(CN(C)CCN3CCCC3)n2)c1. The minimum absolute atomic E-state index is 0.673. The number of benzene rings is 1. The Morgan fingerprint density at radius 1 is 1.27 bits per heavy atom. The van der Waals surface area contributed by atoms with Crippen LogP contribution in [0.3, 0.4) is 0 Å². The third-order valence-corrected chi connectivity index (χ3v) is 4.15. The fourth-order valence-corrected chi connectivity index (χ4v) is 2.85. The molecule has 2 aromatic rings. The second-order valence-corrected chi connectivity index (χ2v) is 6.17. The summed E-state index contributed by atoms with van der Waals surface area (Å²) in [5.74, 6) is 1.35. The van der Waals surface area contributed by atoms with Gasteiger partial charge in [0.2, 0.25) is 11.7 Å². The number of rotatable bonds is 6. The summed E-state index contributed by atoms with van der Waals surface area (Å²) in [5, 5.41) is 4.09. The predicted molar refractivity (Wildman–Crippen MR) is 86.5 cm³/mol. The van der Waals surface area contributed by atoms with Crippen LogP contribution in [0.5, 0.6) is 0 Å². The Kier molecular flexibility index (Phi) is 4.85. The van der Waals surface area contributed by atoms with Crippen LogP contribution in [0.4, 0.5) is 0 Å². The Morgan fingerprint density at radius 3 is 2.86 bits per heavy atom. The molecule has 1 aromatic heterocycles. The number of likely N-dealkylation sites (tertiary alicyclic amines) is 1.